The van der Waals surface area contributed by atoms with Crippen molar-refractivity contribution in [3.8, 4) is 22.9 Å². The molecule has 1 aliphatic heterocycles. The zero-order valence-corrected chi connectivity index (χ0v) is 33.8. The van der Waals surface area contributed by atoms with Crippen LogP contribution in [0.2, 0.25) is 20.1 Å². The third-order valence-corrected chi connectivity index (χ3v) is 7.80. The van der Waals surface area contributed by atoms with Gasteiger partial charge in [-0.25, -0.2) is 14.0 Å². The molecule has 0 spiro atoms. The second kappa shape index (κ2) is 18.7. The van der Waals surface area contributed by atoms with E-state index in [1.807, 2.05) is 20.8 Å². The number of esters is 2. The summed E-state index contributed by atoms with van der Waals surface area (Å²) in [6.07, 6.45) is 0.386. The first-order valence-corrected chi connectivity index (χ1v) is 18.3. The zero-order chi connectivity index (χ0) is 40.5. The standard InChI is InChI=1S/C20H18Cl2N2O3.C11H13FO2.C10H7Cl2NO/c1-20(2,3)27-19(25)12-4-6-16(7-5-12)26-18-11-17(23-24-18)13-8-14(21)10-15(22)9-13;1-11(2,3)14-10(13)8-4-6-9(12)7-5-8;11-7-1-6(2-8(12)3-7)10-4-9(14)5-13-10/h4-11H,1-3H3,(H,23,24);4-7H,1-3H3;1-3H,4-5H2. The fraction of sp³-hybridized carbons (Fsp3) is 0.244. The minimum Gasteiger partial charge on any atom is -0.456 e. The summed E-state index contributed by atoms with van der Waals surface area (Å²) >= 11 is 23.7. The number of aromatic nitrogens is 2. The minimum atomic E-state index is -0.541. The molecule has 9 nitrogen and oxygen atoms in total. The van der Waals surface area contributed by atoms with Gasteiger partial charge in [-0.3, -0.25) is 14.9 Å². The topological polar surface area (TPSA) is 120 Å². The lowest BCUT2D eigenvalue weighted by atomic mass is 10.1. The normalized spacial score (nSPS) is 12.4. The highest BCUT2D eigenvalue weighted by Gasteiger charge is 2.19. The van der Waals surface area contributed by atoms with E-state index in [1.54, 1.807) is 87.5 Å². The molecule has 14 heteroatoms. The molecular formula is C41H38Cl4FN3O6. The average Bonchev–Trinajstić information content (AvgIpc) is 3.73. The van der Waals surface area contributed by atoms with Gasteiger partial charge in [0.05, 0.1) is 35.5 Å². The van der Waals surface area contributed by atoms with Crippen molar-refractivity contribution in [2.24, 2.45) is 4.99 Å². The molecule has 0 aliphatic carbocycles. The van der Waals surface area contributed by atoms with Crippen LogP contribution in [0, 0.1) is 5.82 Å². The second-order valence-corrected chi connectivity index (χ2v) is 15.8. The van der Waals surface area contributed by atoms with E-state index in [0.717, 1.165) is 22.5 Å². The third kappa shape index (κ3) is 14.4. The fourth-order valence-corrected chi connectivity index (χ4v) is 5.70. The van der Waals surface area contributed by atoms with E-state index in [4.69, 9.17) is 60.6 Å². The van der Waals surface area contributed by atoms with Gasteiger partial charge in [0.2, 0.25) is 5.88 Å². The van der Waals surface area contributed by atoms with E-state index in [-0.39, 0.29) is 24.1 Å². The molecule has 0 unspecified atom stereocenters. The van der Waals surface area contributed by atoms with Crippen molar-refractivity contribution in [2.75, 3.05) is 6.54 Å². The number of hydrogen-bond donors (Lipinski definition) is 1. The Hall–Kier alpha value is -4.74. The first-order chi connectivity index (χ1) is 25.7. The Kier molecular flexibility index (Phi) is 14.6. The zero-order valence-electron chi connectivity index (χ0n) is 30.8. The number of H-pyrrole nitrogens is 1. The van der Waals surface area contributed by atoms with Gasteiger partial charge in [-0.15, -0.1) is 5.10 Å². The molecule has 6 rings (SSSR count). The van der Waals surface area contributed by atoms with Crippen LogP contribution >= 0.6 is 46.4 Å². The molecule has 0 atom stereocenters. The van der Waals surface area contributed by atoms with Gasteiger partial charge >= 0.3 is 11.9 Å². The Bertz CT molecular complexity index is 2130. The smallest absolute Gasteiger partial charge is 0.338 e. The number of Topliss-reactive ketones (excluding diaryl/α,β-unsaturated/α-hetero) is 1. The average molecular weight is 830 g/mol. The quantitative estimate of drug-likeness (QED) is 0.169. The molecule has 0 radical (unpaired) electrons. The number of benzene rings is 4. The van der Waals surface area contributed by atoms with Gasteiger partial charge in [-0.2, -0.15) is 0 Å². The van der Waals surface area contributed by atoms with Crippen LogP contribution in [0.5, 0.6) is 11.6 Å². The number of aliphatic imine (C=N–C) groups is 1. The summed E-state index contributed by atoms with van der Waals surface area (Å²) in [5.41, 5.74) is 2.89. The summed E-state index contributed by atoms with van der Waals surface area (Å²) in [7, 11) is 0. The van der Waals surface area contributed by atoms with Gasteiger partial charge in [0.1, 0.15) is 22.8 Å². The van der Waals surface area contributed by atoms with E-state index in [0.29, 0.717) is 49.3 Å². The van der Waals surface area contributed by atoms with E-state index in [1.165, 1.54) is 24.3 Å². The molecule has 0 fully saturated rings. The highest BCUT2D eigenvalue weighted by atomic mass is 35.5. The highest BCUT2D eigenvalue weighted by Crippen LogP contribution is 2.29. The maximum Gasteiger partial charge on any atom is 0.338 e. The van der Waals surface area contributed by atoms with Crippen LogP contribution < -0.4 is 4.74 Å². The molecule has 1 aliphatic rings. The maximum absolute atomic E-state index is 12.5. The Morgan fingerprint density at radius 1 is 0.673 bits per heavy atom. The number of nitrogens with zero attached hydrogens (tertiary/aromatic N) is 2. The predicted molar refractivity (Wildman–Crippen MR) is 215 cm³/mol. The summed E-state index contributed by atoms with van der Waals surface area (Å²) in [4.78, 5) is 38.6. The van der Waals surface area contributed by atoms with Crippen LogP contribution in [-0.4, -0.2) is 51.4 Å². The largest absolute Gasteiger partial charge is 0.456 e. The number of ether oxygens (including phenoxy) is 3. The molecule has 4 aromatic carbocycles. The van der Waals surface area contributed by atoms with Gasteiger partial charge in [-0.1, -0.05) is 46.4 Å². The molecule has 5 aromatic rings. The van der Waals surface area contributed by atoms with Gasteiger partial charge < -0.3 is 14.2 Å². The molecule has 1 N–H and O–H groups in total. The van der Waals surface area contributed by atoms with Crippen molar-refractivity contribution < 1.29 is 33.0 Å². The van der Waals surface area contributed by atoms with Crippen molar-refractivity contribution >= 4 is 69.8 Å². The highest BCUT2D eigenvalue weighted by molar-refractivity contribution is 6.36. The van der Waals surface area contributed by atoms with Crippen LogP contribution in [0.25, 0.3) is 11.3 Å². The number of aromatic amines is 1. The molecule has 0 amide bonds. The summed E-state index contributed by atoms with van der Waals surface area (Å²) in [6.45, 7) is 11.1. The van der Waals surface area contributed by atoms with Gasteiger partial charge in [0.15, 0.2) is 5.78 Å². The van der Waals surface area contributed by atoms with Crippen LogP contribution in [0.15, 0.2) is 96.0 Å². The second-order valence-electron chi connectivity index (χ2n) is 14.1. The lowest BCUT2D eigenvalue weighted by Crippen LogP contribution is -2.23. The van der Waals surface area contributed by atoms with Crippen molar-refractivity contribution in [1.29, 1.82) is 0 Å². The monoisotopic (exact) mass is 827 g/mol. The van der Waals surface area contributed by atoms with Gasteiger partial charge in [-0.05, 0) is 132 Å². The third-order valence-electron chi connectivity index (χ3n) is 6.92. The van der Waals surface area contributed by atoms with E-state index >= 15 is 0 Å². The molecule has 0 saturated heterocycles. The van der Waals surface area contributed by atoms with Crippen molar-refractivity contribution in [1.82, 2.24) is 10.2 Å². The summed E-state index contributed by atoms with van der Waals surface area (Å²) in [5, 5.41) is 9.21. The Labute approximate surface area is 338 Å². The number of carbonyl (C=O) groups excluding carboxylic acids is 3. The fourth-order valence-electron chi connectivity index (χ4n) is 4.65. The number of rotatable bonds is 6. The number of nitrogens with one attached hydrogen (secondary N) is 1. The van der Waals surface area contributed by atoms with Gasteiger partial charge in [0, 0.05) is 31.7 Å². The SMILES string of the molecule is CC(C)(C)OC(=O)c1ccc(F)cc1.CC(C)(C)OC(=O)c1ccc(Oc2cc(-c3cc(Cl)cc(Cl)c3)[nH]n2)cc1.O=C1CN=C(c2cc(Cl)cc(Cl)c2)C1. The van der Waals surface area contributed by atoms with Crippen molar-refractivity contribution in [2.45, 2.75) is 59.2 Å². The van der Waals surface area contributed by atoms with Crippen molar-refractivity contribution in [3.63, 3.8) is 0 Å². The van der Waals surface area contributed by atoms with Crippen molar-refractivity contribution in [3.05, 3.63) is 134 Å². The van der Waals surface area contributed by atoms with Gasteiger partial charge in [0.25, 0.3) is 0 Å². The Morgan fingerprint density at radius 3 is 1.56 bits per heavy atom. The van der Waals surface area contributed by atoms with E-state index in [9.17, 15) is 18.8 Å². The maximum atomic E-state index is 12.5. The lowest BCUT2D eigenvalue weighted by Gasteiger charge is -2.19. The summed E-state index contributed by atoms with van der Waals surface area (Å²) < 4.78 is 28.7. The first kappa shape index (κ1) is 43.0. The number of halogens is 5. The Balaban J connectivity index is 0.000000202. The first-order valence-electron chi connectivity index (χ1n) is 16.8. The molecule has 2 heterocycles. The molecule has 0 saturated carbocycles. The molecule has 55 heavy (non-hydrogen) atoms. The van der Waals surface area contributed by atoms with Crippen LogP contribution in [0.4, 0.5) is 4.39 Å². The molecule has 0 bridgehead atoms. The van der Waals surface area contributed by atoms with E-state index < -0.39 is 17.2 Å². The van der Waals surface area contributed by atoms with Crippen LogP contribution in [0.1, 0.15) is 74.2 Å². The van der Waals surface area contributed by atoms with Crippen LogP contribution in [-0.2, 0) is 14.3 Å². The molecule has 1 aromatic heterocycles. The molecule has 288 valence electrons. The lowest BCUT2D eigenvalue weighted by molar-refractivity contribution is -0.116. The minimum absolute atomic E-state index is 0.135. The predicted octanol–water partition coefficient (Wildman–Crippen LogP) is 11.7. The van der Waals surface area contributed by atoms with Crippen LogP contribution in [0.3, 0.4) is 0 Å². The number of hydrogen-bond acceptors (Lipinski definition) is 8. The Morgan fingerprint density at radius 2 is 1.13 bits per heavy atom. The molecular weight excluding hydrogens is 791 g/mol. The van der Waals surface area contributed by atoms with E-state index in [2.05, 4.69) is 15.2 Å². The summed E-state index contributed by atoms with van der Waals surface area (Å²) in [5.74, 6) is -0.115. The number of ketones is 1. The number of carbonyl (C=O) groups is 3. The summed E-state index contributed by atoms with van der Waals surface area (Å²) in [6, 6.07) is 24.1.